The Bertz CT molecular complexity index is 609. The van der Waals surface area contributed by atoms with Gasteiger partial charge in [-0.1, -0.05) is 29.5 Å². The Balaban J connectivity index is 1.93. The van der Waals surface area contributed by atoms with Gasteiger partial charge in [-0.25, -0.2) is 4.68 Å². The summed E-state index contributed by atoms with van der Waals surface area (Å²) in [6.45, 7) is 4.12. The van der Waals surface area contributed by atoms with Crippen molar-refractivity contribution in [1.82, 2.24) is 20.3 Å². The second-order valence-electron chi connectivity index (χ2n) is 5.03. The van der Waals surface area contributed by atoms with Gasteiger partial charge in [0.25, 0.3) is 0 Å². The number of amides is 1. The third-order valence-electron chi connectivity index (χ3n) is 3.29. The number of aliphatic hydroxyl groups excluding tert-OH is 1. The zero-order chi connectivity index (χ0) is 15.2. The van der Waals surface area contributed by atoms with Crippen molar-refractivity contribution in [2.24, 2.45) is 0 Å². The number of aromatic nitrogens is 3. The molecule has 2 aromatic rings. The summed E-state index contributed by atoms with van der Waals surface area (Å²) in [5.74, 6) is -0.119. The lowest BCUT2D eigenvalue weighted by molar-refractivity contribution is -0.122. The molecule has 0 saturated carbocycles. The van der Waals surface area contributed by atoms with E-state index >= 15 is 0 Å². The molecule has 1 atom stereocenters. The van der Waals surface area contributed by atoms with Crippen LogP contribution in [0.15, 0.2) is 30.5 Å². The Morgan fingerprint density at radius 1 is 1.43 bits per heavy atom. The second kappa shape index (κ2) is 6.99. The van der Waals surface area contributed by atoms with Crippen LogP contribution < -0.4 is 5.32 Å². The Kier molecular flexibility index (Phi) is 5.05. The SMILES string of the molecule is Cc1ccccc1C(C)NC(=O)Cn1cc(CCO)nn1. The van der Waals surface area contributed by atoms with Crippen molar-refractivity contribution in [3.8, 4) is 0 Å². The number of carbonyl (C=O) groups is 1. The van der Waals surface area contributed by atoms with Gasteiger partial charge < -0.3 is 10.4 Å². The summed E-state index contributed by atoms with van der Waals surface area (Å²) in [5, 5.41) is 19.5. The summed E-state index contributed by atoms with van der Waals surface area (Å²) < 4.78 is 1.48. The van der Waals surface area contributed by atoms with Gasteiger partial charge in [0.2, 0.25) is 5.91 Å². The summed E-state index contributed by atoms with van der Waals surface area (Å²) in [4.78, 5) is 12.0. The Hall–Kier alpha value is -2.21. The molecule has 0 saturated heterocycles. The number of benzene rings is 1. The summed E-state index contributed by atoms with van der Waals surface area (Å²) in [6, 6.07) is 7.92. The molecule has 0 fully saturated rings. The Morgan fingerprint density at radius 2 is 2.19 bits per heavy atom. The Labute approximate surface area is 123 Å². The minimum absolute atomic E-state index is 0.0230. The molecule has 0 aliphatic rings. The standard InChI is InChI=1S/C15H20N4O2/c1-11-5-3-4-6-14(11)12(2)16-15(21)10-19-9-13(7-8-20)17-18-19/h3-6,9,12,20H,7-8,10H2,1-2H3,(H,16,21). The third-order valence-corrected chi connectivity index (χ3v) is 3.29. The predicted molar refractivity (Wildman–Crippen MR) is 78.5 cm³/mol. The van der Waals surface area contributed by atoms with Gasteiger partial charge in [-0.15, -0.1) is 5.10 Å². The highest BCUT2D eigenvalue weighted by atomic mass is 16.3. The average Bonchev–Trinajstić information content (AvgIpc) is 2.86. The van der Waals surface area contributed by atoms with Crippen LogP contribution in [0.5, 0.6) is 0 Å². The molecule has 2 rings (SSSR count). The molecule has 1 aromatic carbocycles. The molecule has 1 unspecified atom stereocenters. The first kappa shape index (κ1) is 15.2. The second-order valence-corrected chi connectivity index (χ2v) is 5.03. The molecule has 1 aromatic heterocycles. The normalized spacial score (nSPS) is 12.1. The molecule has 0 aliphatic heterocycles. The summed E-state index contributed by atoms with van der Waals surface area (Å²) in [5.41, 5.74) is 2.93. The average molecular weight is 288 g/mol. The molecule has 0 aliphatic carbocycles. The van der Waals surface area contributed by atoms with Gasteiger partial charge in [0, 0.05) is 19.2 Å². The number of nitrogens with zero attached hydrogens (tertiary/aromatic N) is 3. The van der Waals surface area contributed by atoms with E-state index in [4.69, 9.17) is 5.11 Å². The fourth-order valence-corrected chi connectivity index (χ4v) is 2.23. The third kappa shape index (κ3) is 4.13. The van der Waals surface area contributed by atoms with Crippen LogP contribution in [0.25, 0.3) is 0 Å². The molecule has 2 N–H and O–H groups in total. The zero-order valence-electron chi connectivity index (χ0n) is 12.3. The fraction of sp³-hybridized carbons (Fsp3) is 0.400. The lowest BCUT2D eigenvalue weighted by Gasteiger charge is -2.16. The highest BCUT2D eigenvalue weighted by Crippen LogP contribution is 2.16. The molecule has 1 amide bonds. The van der Waals surface area contributed by atoms with Crippen LogP contribution in [0.4, 0.5) is 0 Å². The van der Waals surface area contributed by atoms with Crippen LogP contribution in [-0.2, 0) is 17.8 Å². The minimum Gasteiger partial charge on any atom is -0.396 e. The van der Waals surface area contributed by atoms with E-state index in [1.54, 1.807) is 6.20 Å². The van der Waals surface area contributed by atoms with Gasteiger partial charge in [-0.3, -0.25) is 4.79 Å². The first-order valence-corrected chi connectivity index (χ1v) is 6.95. The number of nitrogens with one attached hydrogen (secondary N) is 1. The van der Waals surface area contributed by atoms with E-state index in [0.29, 0.717) is 12.1 Å². The number of hydrogen-bond donors (Lipinski definition) is 2. The number of rotatable bonds is 6. The van der Waals surface area contributed by atoms with Crippen molar-refractivity contribution in [2.45, 2.75) is 32.9 Å². The molecule has 0 spiro atoms. The van der Waals surface area contributed by atoms with E-state index in [-0.39, 0.29) is 25.1 Å². The van der Waals surface area contributed by atoms with Gasteiger partial charge in [-0.2, -0.15) is 0 Å². The van der Waals surface area contributed by atoms with E-state index in [9.17, 15) is 4.79 Å². The number of carbonyl (C=O) groups excluding carboxylic acids is 1. The number of aryl methyl sites for hydroxylation is 1. The molecular formula is C15H20N4O2. The molecule has 0 bridgehead atoms. The van der Waals surface area contributed by atoms with Crippen molar-refractivity contribution in [3.63, 3.8) is 0 Å². The number of aliphatic hydroxyl groups is 1. The van der Waals surface area contributed by atoms with Gasteiger partial charge in [0.1, 0.15) is 6.54 Å². The maximum Gasteiger partial charge on any atom is 0.242 e. The van der Waals surface area contributed by atoms with Gasteiger partial charge >= 0.3 is 0 Å². The molecule has 0 radical (unpaired) electrons. The summed E-state index contributed by atoms with van der Waals surface area (Å²) in [7, 11) is 0. The highest BCUT2D eigenvalue weighted by Gasteiger charge is 2.12. The van der Waals surface area contributed by atoms with Gasteiger partial charge in [0.05, 0.1) is 11.7 Å². The van der Waals surface area contributed by atoms with Gasteiger partial charge in [-0.05, 0) is 25.0 Å². The maximum atomic E-state index is 12.0. The van der Waals surface area contributed by atoms with E-state index in [1.807, 2.05) is 38.1 Å². The lowest BCUT2D eigenvalue weighted by Crippen LogP contribution is -2.30. The monoisotopic (exact) mass is 288 g/mol. The van der Waals surface area contributed by atoms with Crippen molar-refractivity contribution in [1.29, 1.82) is 0 Å². The van der Waals surface area contributed by atoms with E-state index in [2.05, 4.69) is 15.6 Å². The van der Waals surface area contributed by atoms with E-state index < -0.39 is 0 Å². The first-order chi connectivity index (χ1) is 10.1. The largest absolute Gasteiger partial charge is 0.396 e. The van der Waals surface area contributed by atoms with Crippen molar-refractivity contribution in [2.75, 3.05) is 6.61 Å². The van der Waals surface area contributed by atoms with Crippen LogP contribution >= 0.6 is 0 Å². The first-order valence-electron chi connectivity index (χ1n) is 6.95. The van der Waals surface area contributed by atoms with Crippen LogP contribution in [0.1, 0.15) is 29.8 Å². The van der Waals surface area contributed by atoms with Crippen LogP contribution in [0.3, 0.4) is 0 Å². The quantitative estimate of drug-likeness (QED) is 0.831. The topological polar surface area (TPSA) is 80.0 Å². The molecule has 6 heteroatoms. The van der Waals surface area contributed by atoms with E-state index in [0.717, 1.165) is 11.1 Å². The molecule has 1 heterocycles. The molecule has 21 heavy (non-hydrogen) atoms. The highest BCUT2D eigenvalue weighted by molar-refractivity contribution is 5.76. The fourth-order valence-electron chi connectivity index (χ4n) is 2.23. The summed E-state index contributed by atoms with van der Waals surface area (Å²) >= 11 is 0. The molecule has 112 valence electrons. The number of hydrogen-bond acceptors (Lipinski definition) is 4. The van der Waals surface area contributed by atoms with E-state index in [1.165, 1.54) is 4.68 Å². The smallest absolute Gasteiger partial charge is 0.242 e. The summed E-state index contributed by atoms with van der Waals surface area (Å²) in [6.07, 6.45) is 2.12. The van der Waals surface area contributed by atoms with Crippen LogP contribution in [0.2, 0.25) is 0 Å². The minimum atomic E-state index is -0.119. The van der Waals surface area contributed by atoms with Crippen molar-refractivity contribution in [3.05, 3.63) is 47.3 Å². The van der Waals surface area contributed by atoms with Crippen LogP contribution in [-0.4, -0.2) is 32.6 Å². The molecular weight excluding hydrogens is 268 g/mol. The lowest BCUT2D eigenvalue weighted by atomic mass is 10.0. The van der Waals surface area contributed by atoms with Crippen molar-refractivity contribution >= 4 is 5.91 Å². The molecule has 6 nitrogen and oxygen atoms in total. The van der Waals surface area contributed by atoms with Crippen molar-refractivity contribution < 1.29 is 9.90 Å². The zero-order valence-corrected chi connectivity index (χ0v) is 12.3. The van der Waals surface area contributed by atoms with Gasteiger partial charge in [0.15, 0.2) is 0 Å². The maximum absolute atomic E-state index is 12.0. The van der Waals surface area contributed by atoms with Crippen LogP contribution in [0, 0.1) is 6.92 Å². The predicted octanol–water partition coefficient (Wildman–Crippen LogP) is 0.999. The Morgan fingerprint density at radius 3 is 2.90 bits per heavy atom.